The summed E-state index contributed by atoms with van der Waals surface area (Å²) in [5.41, 5.74) is 2.08. The molecule has 0 atom stereocenters. The minimum absolute atomic E-state index is 0.403. The van der Waals surface area contributed by atoms with Gasteiger partial charge in [0.25, 0.3) is 0 Å². The number of nitrogens with one attached hydrogen (secondary N) is 1. The van der Waals surface area contributed by atoms with Crippen LogP contribution in [0.15, 0.2) is 36.4 Å². The molecule has 0 heterocycles. The van der Waals surface area contributed by atoms with Crippen molar-refractivity contribution in [1.82, 2.24) is 5.32 Å². The Morgan fingerprint density at radius 1 is 1.04 bits per heavy atom. The highest BCUT2D eigenvalue weighted by molar-refractivity contribution is 6.32. The van der Waals surface area contributed by atoms with Gasteiger partial charge in [0.2, 0.25) is 0 Å². The molecule has 0 fully saturated rings. The third-order valence-corrected chi connectivity index (χ3v) is 3.87. The number of hydrogen-bond donors (Lipinski definition) is 1. The maximum Gasteiger partial charge on any atom is 0.180 e. The van der Waals surface area contributed by atoms with E-state index in [0.717, 1.165) is 30.6 Å². The molecule has 0 saturated carbocycles. The van der Waals surface area contributed by atoms with Gasteiger partial charge in [-0.2, -0.15) is 0 Å². The molecule has 2 aromatic carbocycles. The molecular weight excluding hydrogens is 333 g/mol. The van der Waals surface area contributed by atoms with Crippen molar-refractivity contribution in [2.45, 2.75) is 26.5 Å². The first kappa shape index (κ1) is 17.9. The van der Waals surface area contributed by atoms with Crippen LogP contribution in [0, 0.1) is 0 Å². The summed E-state index contributed by atoms with van der Waals surface area (Å²) in [7, 11) is 1.62. The van der Waals surface area contributed by atoms with Gasteiger partial charge in [-0.25, -0.2) is 0 Å². The fraction of sp³-hybridized carbons (Fsp3) is 0.333. The Morgan fingerprint density at radius 3 is 2.43 bits per heavy atom. The van der Waals surface area contributed by atoms with Crippen LogP contribution in [0.3, 0.4) is 0 Å². The van der Waals surface area contributed by atoms with E-state index >= 15 is 0 Å². The molecule has 2 aromatic rings. The molecule has 23 heavy (non-hydrogen) atoms. The van der Waals surface area contributed by atoms with Gasteiger partial charge >= 0.3 is 0 Å². The first-order valence-corrected chi connectivity index (χ1v) is 8.34. The summed E-state index contributed by atoms with van der Waals surface area (Å²) in [6.07, 6.45) is 1.09. The van der Waals surface area contributed by atoms with Crippen LogP contribution in [0.1, 0.15) is 24.5 Å². The molecule has 0 radical (unpaired) electrons. The minimum atomic E-state index is 0.403. The van der Waals surface area contributed by atoms with Crippen LogP contribution < -0.4 is 14.8 Å². The Balaban J connectivity index is 2.09. The first-order chi connectivity index (χ1) is 11.1. The molecule has 0 bridgehead atoms. The van der Waals surface area contributed by atoms with Crippen LogP contribution in [0.4, 0.5) is 0 Å². The quantitative estimate of drug-likeness (QED) is 0.671. The van der Waals surface area contributed by atoms with Crippen molar-refractivity contribution in [2.75, 3.05) is 13.7 Å². The largest absolute Gasteiger partial charge is 0.493 e. The molecule has 0 unspecified atom stereocenters. The molecule has 124 valence electrons. The van der Waals surface area contributed by atoms with Gasteiger partial charge in [0.1, 0.15) is 6.61 Å². The lowest BCUT2D eigenvalue weighted by atomic mass is 10.2. The number of rotatable bonds is 8. The van der Waals surface area contributed by atoms with E-state index in [-0.39, 0.29) is 0 Å². The van der Waals surface area contributed by atoms with Crippen molar-refractivity contribution in [2.24, 2.45) is 0 Å². The number of halogens is 2. The molecule has 0 saturated heterocycles. The number of hydrogen-bond acceptors (Lipinski definition) is 3. The standard InChI is InChI=1S/C18H21Cl2NO2/c1-3-8-21-11-14-9-16(20)18(17(10-14)22-2)23-12-13-4-6-15(19)7-5-13/h4-7,9-10,21H,3,8,11-12H2,1-2H3. The normalized spacial score (nSPS) is 10.6. The van der Waals surface area contributed by atoms with E-state index in [0.29, 0.717) is 28.2 Å². The van der Waals surface area contributed by atoms with Crippen LogP contribution in [0.5, 0.6) is 11.5 Å². The zero-order chi connectivity index (χ0) is 16.7. The van der Waals surface area contributed by atoms with Gasteiger partial charge in [-0.05, 0) is 48.4 Å². The van der Waals surface area contributed by atoms with Gasteiger partial charge in [0.15, 0.2) is 11.5 Å². The van der Waals surface area contributed by atoms with Crippen molar-refractivity contribution in [3.05, 3.63) is 57.6 Å². The van der Waals surface area contributed by atoms with Crippen molar-refractivity contribution in [3.63, 3.8) is 0 Å². The second-order valence-electron chi connectivity index (χ2n) is 5.20. The van der Waals surface area contributed by atoms with Crippen LogP contribution in [0.25, 0.3) is 0 Å². The van der Waals surface area contributed by atoms with E-state index in [4.69, 9.17) is 32.7 Å². The van der Waals surface area contributed by atoms with E-state index in [2.05, 4.69) is 12.2 Å². The van der Waals surface area contributed by atoms with Gasteiger partial charge in [-0.3, -0.25) is 0 Å². The zero-order valence-electron chi connectivity index (χ0n) is 13.4. The Morgan fingerprint density at radius 2 is 1.78 bits per heavy atom. The summed E-state index contributed by atoms with van der Waals surface area (Å²) in [5.74, 6) is 1.20. The van der Waals surface area contributed by atoms with E-state index in [9.17, 15) is 0 Å². The van der Waals surface area contributed by atoms with Crippen molar-refractivity contribution in [3.8, 4) is 11.5 Å². The average Bonchev–Trinajstić information content (AvgIpc) is 2.55. The van der Waals surface area contributed by atoms with E-state index < -0.39 is 0 Å². The second-order valence-corrected chi connectivity index (χ2v) is 6.04. The van der Waals surface area contributed by atoms with Gasteiger partial charge in [-0.1, -0.05) is 42.3 Å². The molecule has 3 nitrogen and oxygen atoms in total. The lowest BCUT2D eigenvalue weighted by molar-refractivity contribution is 0.284. The third-order valence-electron chi connectivity index (χ3n) is 3.34. The van der Waals surface area contributed by atoms with Crippen molar-refractivity contribution < 1.29 is 9.47 Å². The van der Waals surface area contributed by atoms with Crippen LogP contribution in [-0.4, -0.2) is 13.7 Å². The SMILES string of the molecule is CCCNCc1cc(Cl)c(OCc2ccc(Cl)cc2)c(OC)c1. The summed E-state index contributed by atoms with van der Waals surface area (Å²) in [6.45, 7) is 4.26. The molecule has 0 aliphatic heterocycles. The molecule has 5 heteroatoms. The molecule has 0 spiro atoms. The van der Waals surface area contributed by atoms with Gasteiger partial charge < -0.3 is 14.8 Å². The Kier molecular flexibility index (Phi) is 7.03. The van der Waals surface area contributed by atoms with Crippen LogP contribution in [0.2, 0.25) is 10.0 Å². The van der Waals surface area contributed by atoms with Crippen LogP contribution in [-0.2, 0) is 13.2 Å². The fourth-order valence-electron chi connectivity index (χ4n) is 2.16. The lowest BCUT2D eigenvalue weighted by Gasteiger charge is -2.14. The van der Waals surface area contributed by atoms with Gasteiger partial charge in [-0.15, -0.1) is 0 Å². The van der Waals surface area contributed by atoms with Crippen LogP contribution >= 0.6 is 23.2 Å². The predicted molar refractivity (Wildman–Crippen MR) is 95.8 cm³/mol. The zero-order valence-corrected chi connectivity index (χ0v) is 14.9. The summed E-state index contributed by atoms with van der Waals surface area (Å²) in [5, 5.41) is 4.59. The monoisotopic (exact) mass is 353 g/mol. The number of ether oxygens (including phenoxy) is 2. The third kappa shape index (κ3) is 5.31. The van der Waals surface area contributed by atoms with Crippen molar-refractivity contribution in [1.29, 1.82) is 0 Å². The van der Waals surface area contributed by atoms with E-state index in [1.165, 1.54) is 0 Å². The topological polar surface area (TPSA) is 30.5 Å². The highest BCUT2D eigenvalue weighted by Crippen LogP contribution is 2.37. The van der Waals surface area contributed by atoms with E-state index in [1.807, 2.05) is 36.4 Å². The molecule has 0 aromatic heterocycles. The fourth-order valence-corrected chi connectivity index (χ4v) is 2.57. The Labute approximate surface area is 147 Å². The highest BCUT2D eigenvalue weighted by atomic mass is 35.5. The number of methoxy groups -OCH3 is 1. The van der Waals surface area contributed by atoms with Crippen molar-refractivity contribution >= 4 is 23.2 Å². The number of benzene rings is 2. The van der Waals surface area contributed by atoms with E-state index in [1.54, 1.807) is 7.11 Å². The Bertz CT molecular complexity index is 630. The lowest BCUT2D eigenvalue weighted by Crippen LogP contribution is -2.14. The summed E-state index contributed by atoms with van der Waals surface area (Å²) < 4.78 is 11.3. The molecule has 0 aliphatic rings. The summed E-state index contributed by atoms with van der Waals surface area (Å²) in [6, 6.07) is 11.4. The molecule has 2 rings (SSSR count). The maximum atomic E-state index is 6.36. The molecule has 0 aliphatic carbocycles. The second kappa shape index (κ2) is 9.02. The first-order valence-electron chi connectivity index (χ1n) is 7.58. The molecule has 0 amide bonds. The smallest absolute Gasteiger partial charge is 0.180 e. The van der Waals surface area contributed by atoms with Gasteiger partial charge in [0, 0.05) is 11.6 Å². The summed E-state index contributed by atoms with van der Waals surface area (Å²) in [4.78, 5) is 0. The molecule has 1 N–H and O–H groups in total. The maximum absolute atomic E-state index is 6.36. The predicted octanol–water partition coefficient (Wildman–Crippen LogP) is 5.08. The minimum Gasteiger partial charge on any atom is -0.493 e. The summed E-state index contributed by atoms with van der Waals surface area (Å²) >= 11 is 12.2. The highest BCUT2D eigenvalue weighted by Gasteiger charge is 2.12. The Hall–Kier alpha value is -1.42. The van der Waals surface area contributed by atoms with Gasteiger partial charge in [0.05, 0.1) is 12.1 Å². The average molecular weight is 354 g/mol. The molecular formula is C18H21Cl2NO2.